The van der Waals surface area contributed by atoms with Crippen molar-refractivity contribution < 1.29 is 9.18 Å². The highest BCUT2D eigenvalue weighted by Gasteiger charge is 2.33. The molecule has 0 unspecified atom stereocenters. The molecule has 21 heavy (non-hydrogen) atoms. The zero-order valence-corrected chi connectivity index (χ0v) is 11.7. The predicted molar refractivity (Wildman–Crippen MR) is 77.8 cm³/mol. The van der Waals surface area contributed by atoms with Gasteiger partial charge >= 0.3 is 0 Å². The van der Waals surface area contributed by atoms with E-state index in [1.54, 1.807) is 24.5 Å². The molecule has 1 N–H and O–H groups in total. The van der Waals surface area contributed by atoms with E-state index in [4.69, 9.17) is 11.6 Å². The minimum absolute atomic E-state index is 0.0396. The second-order valence-electron chi connectivity index (χ2n) is 4.65. The lowest BCUT2D eigenvalue weighted by Crippen LogP contribution is -2.33. The molecule has 0 aliphatic carbocycles. The molecule has 108 valence electrons. The maximum atomic E-state index is 13.5. The lowest BCUT2D eigenvalue weighted by molar-refractivity contribution is -0.117. The molecule has 2 heterocycles. The van der Waals surface area contributed by atoms with Crippen molar-refractivity contribution in [3.8, 4) is 0 Å². The van der Waals surface area contributed by atoms with E-state index in [1.807, 2.05) is 0 Å². The second-order valence-corrected chi connectivity index (χ2v) is 5.05. The molecule has 3 rings (SSSR count). The number of aromatic nitrogens is 2. The highest BCUT2D eigenvalue weighted by atomic mass is 35.5. The first-order valence-corrected chi connectivity index (χ1v) is 6.83. The Bertz CT molecular complexity index is 667. The zero-order chi connectivity index (χ0) is 14.8. The summed E-state index contributed by atoms with van der Waals surface area (Å²) in [6, 6.07) is 5.63. The summed E-state index contributed by atoms with van der Waals surface area (Å²) in [6.07, 6.45) is 3.80. The van der Waals surface area contributed by atoms with Gasteiger partial charge in [0.15, 0.2) is 0 Å². The number of anilines is 2. The summed E-state index contributed by atoms with van der Waals surface area (Å²) in [5, 5.41) is 3.02. The first-order chi connectivity index (χ1) is 10.1. The standard InChI is InChI=1S/C14H12ClFN4O/c15-10-3-2-9(8-11(10)16)20-7-4-12(13(20)21)19-14-17-5-1-6-18-14/h1-3,5-6,8,12H,4,7H2,(H,17,18,19)/t12-/m0/s1. The van der Waals surface area contributed by atoms with Crippen molar-refractivity contribution in [2.75, 3.05) is 16.8 Å². The highest BCUT2D eigenvalue weighted by Crippen LogP contribution is 2.26. The first kappa shape index (κ1) is 13.8. The molecule has 1 aromatic heterocycles. The fourth-order valence-electron chi connectivity index (χ4n) is 2.25. The summed E-state index contributed by atoms with van der Waals surface area (Å²) in [7, 11) is 0. The summed E-state index contributed by atoms with van der Waals surface area (Å²) in [5.41, 5.74) is 0.500. The molecule has 1 aromatic carbocycles. The van der Waals surface area contributed by atoms with Crippen molar-refractivity contribution in [2.24, 2.45) is 0 Å². The summed E-state index contributed by atoms with van der Waals surface area (Å²) < 4.78 is 13.5. The van der Waals surface area contributed by atoms with Crippen LogP contribution in [0.1, 0.15) is 6.42 Å². The van der Waals surface area contributed by atoms with Crippen LogP contribution < -0.4 is 10.2 Å². The summed E-state index contributed by atoms with van der Waals surface area (Å²) in [6.45, 7) is 0.504. The van der Waals surface area contributed by atoms with Gasteiger partial charge in [-0.15, -0.1) is 0 Å². The van der Waals surface area contributed by atoms with Gasteiger partial charge in [0.25, 0.3) is 0 Å². The molecule has 1 amide bonds. The summed E-state index contributed by atoms with van der Waals surface area (Å²) in [5.74, 6) is -0.270. The van der Waals surface area contributed by atoms with Crippen molar-refractivity contribution in [1.82, 2.24) is 9.97 Å². The van der Waals surface area contributed by atoms with Crippen LogP contribution in [0.3, 0.4) is 0 Å². The third kappa shape index (κ3) is 2.80. The van der Waals surface area contributed by atoms with E-state index < -0.39 is 11.9 Å². The first-order valence-electron chi connectivity index (χ1n) is 6.45. The molecule has 1 aliphatic rings. The number of hydrogen-bond donors (Lipinski definition) is 1. The lowest BCUT2D eigenvalue weighted by Gasteiger charge is -2.17. The number of carbonyl (C=O) groups is 1. The molecule has 0 spiro atoms. The average molecular weight is 307 g/mol. The van der Waals surface area contributed by atoms with Crippen LogP contribution in [0.2, 0.25) is 5.02 Å². The lowest BCUT2D eigenvalue weighted by atomic mass is 10.2. The molecule has 1 aliphatic heterocycles. The highest BCUT2D eigenvalue weighted by molar-refractivity contribution is 6.30. The SMILES string of the molecule is O=C1[C@@H](Nc2ncccn2)CCN1c1ccc(Cl)c(F)c1. The number of carbonyl (C=O) groups excluding carboxylic acids is 1. The Kier molecular flexibility index (Phi) is 3.70. The predicted octanol–water partition coefficient (Wildman–Crippen LogP) is 2.49. The van der Waals surface area contributed by atoms with Gasteiger partial charge in [0.1, 0.15) is 11.9 Å². The van der Waals surface area contributed by atoms with Gasteiger partial charge in [-0.25, -0.2) is 14.4 Å². The van der Waals surface area contributed by atoms with Gasteiger partial charge in [0.2, 0.25) is 11.9 Å². The van der Waals surface area contributed by atoms with Crippen LogP contribution >= 0.6 is 11.6 Å². The Labute approximate surface area is 125 Å². The van der Waals surface area contributed by atoms with Crippen LogP contribution in [0, 0.1) is 5.82 Å². The van der Waals surface area contributed by atoms with Gasteiger partial charge in [-0.3, -0.25) is 4.79 Å². The van der Waals surface area contributed by atoms with Crippen LogP contribution in [0.4, 0.5) is 16.0 Å². The van der Waals surface area contributed by atoms with E-state index in [0.717, 1.165) is 0 Å². The monoisotopic (exact) mass is 306 g/mol. The molecule has 1 atom stereocenters. The molecule has 0 radical (unpaired) electrons. The van der Waals surface area contributed by atoms with E-state index in [-0.39, 0.29) is 10.9 Å². The van der Waals surface area contributed by atoms with E-state index in [2.05, 4.69) is 15.3 Å². The summed E-state index contributed by atoms with van der Waals surface area (Å²) >= 11 is 5.65. The van der Waals surface area contributed by atoms with Crippen LogP contribution in [-0.2, 0) is 4.79 Å². The number of amides is 1. The van der Waals surface area contributed by atoms with Crippen LogP contribution in [0.25, 0.3) is 0 Å². The third-order valence-corrected chi connectivity index (χ3v) is 3.60. The summed E-state index contributed by atoms with van der Waals surface area (Å²) in [4.78, 5) is 21.9. The minimum Gasteiger partial charge on any atom is -0.342 e. The number of rotatable bonds is 3. The number of nitrogens with one attached hydrogen (secondary N) is 1. The van der Waals surface area contributed by atoms with Crippen molar-refractivity contribution in [1.29, 1.82) is 0 Å². The topological polar surface area (TPSA) is 58.1 Å². The Balaban J connectivity index is 1.75. The fraction of sp³-hybridized carbons (Fsp3) is 0.214. The average Bonchev–Trinajstić information content (AvgIpc) is 2.84. The Morgan fingerprint density at radius 2 is 2.10 bits per heavy atom. The van der Waals surface area contributed by atoms with Gasteiger partial charge < -0.3 is 10.2 Å². The second kappa shape index (κ2) is 5.65. The number of benzene rings is 1. The molecule has 0 bridgehead atoms. The number of halogens is 2. The fourth-order valence-corrected chi connectivity index (χ4v) is 2.37. The van der Waals surface area contributed by atoms with Crippen molar-refractivity contribution in [3.63, 3.8) is 0 Å². The molecular formula is C14H12ClFN4O. The van der Waals surface area contributed by atoms with Gasteiger partial charge in [-0.05, 0) is 30.7 Å². The quantitative estimate of drug-likeness (QED) is 0.946. The minimum atomic E-state index is -0.537. The van der Waals surface area contributed by atoms with E-state index >= 15 is 0 Å². The molecule has 5 nitrogen and oxygen atoms in total. The molecular weight excluding hydrogens is 295 g/mol. The van der Waals surface area contributed by atoms with Gasteiger partial charge in [-0.2, -0.15) is 0 Å². The van der Waals surface area contributed by atoms with Crippen molar-refractivity contribution in [2.45, 2.75) is 12.5 Å². The van der Waals surface area contributed by atoms with Gasteiger partial charge in [0.05, 0.1) is 5.02 Å². The van der Waals surface area contributed by atoms with Crippen LogP contribution in [-0.4, -0.2) is 28.5 Å². The van der Waals surface area contributed by atoms with E-state index in [0.29, 0.717) is 24.6 Å². The third-order valence-electron chi connectivity index (χ3n) is 3.29. The van der Waals surface area contributed by atoms with E-state index in [9.17, 15) is 9.18 Å². The Hall–Kier alpha value is -2.21. The van der Waals surface area contributed by atoms with Gasteiger partial charge in [-0.1, -0.05) is 11.6 Å². The molecule has 2 aromatic rings. The molecule has 0 saturated carbocycles. The van der Waals surface area contributed by atoms with Crippen molar-refractivity contribution in [3.05, 3.63) is 47.5 Å². The number of hydrogen-bond acceptors (Lipinski definition) is 4. The Morgan fingerprint density at radius 3 is 2.81 bits per heavy atom. The zero-order valence-electron chi connectivity index (χ0n) is 11.0. The van der Waals surface area contributed by atoms with Crippen molar-refractivity contribution >= 4 is 29.1 Å². The van der Waals surface area contributed by atoms with Crippen LogP contribution in [0.15, 0.2) is 36.7 Å². The number of nitrogens with zero attached hydrogens (tertiary/aromatic N) is 3. The Morgan fingerprint density at radius 1 is 1.33 bits per heavy atom. The smallest absolute Gasteiger partial charge is 0.249 e. The molecule has 1 saturated heterocycles. The van der Waals surface area contributed by atoms with E-state index in [1.165, 1.54) is 17.0 Å². The molecule has 7 heteroatoms. The van der Waals surface area contributed by atoms with Gasteiger partial charge in [0, 0.05) is 24.6 Å². The maximum Gasteiger partial charge on any atom is 0.249 e. The largest absolute Gasteiger partial charge is 0.342 e. The molecule has 1 fully saturated rings. The normalized spacial score (nSPS) is 18.1. The maximum absolute atomic E-state index is 13.5. The van der Waals surface area contributed by atoms with Crippen LogP contribution in [0.5, 0.6) is 0 Å².